The lowest BCUT2D eigenvalue weighted by molar-refractivity contribution is -0.132. The summed E-state index contributed by atoms with van der Waals surface area (Å²) < 4.78 is -0.641. The van der Waals surface area contributed by atoms with Gasteiger partial charge in [-0.1, -0.05) is 27.7 Å². The highest BCUT2D eigenvalue weighted by molar-refractivity contribution is 9.10. The lowest BCUT2D eigenvalue weighted by Gasteiger charge is -2.28. The average Bonchev–Trinajstić information content (AvgIpc) is 2.79. The van der Waals surface area contributed by atoms with E-state index in [1.54, 1.807) is 17.8 Å². The molecular weight excluding hydrogens is 354 g/mol. The smallest absolute Gasteiger partial charge is 0.333 e. The summed E-state index contributed by atoms with van der Waals surface area (Å²) in [6.07, 6.45) is 7.16. The van der Waals surface area contributed by atoms with Gasteiger partial charge in [-0.3, -0.25) is 4.99 Å². The van der Waals surface area contributed by atoms with Crippen LogP contribution in [0.25, 0.3) is 0 Å². The van der Waals surface area contributed by atoms with Gasteiger partial charge in [0, 0.05) is 4.91 Å². The Morgan fingerprint density at radius 1 is 1.43 bits per heavy atom. The standard InChI is InChI=1S/C15H18BrNO3S/c1-15(16)7-12-11(6-10(15)14(19)20)17-13(21-12)8-2-4-9(18)5-3-8/h6-9,13,18H,2-5H2,1H3,(H,19,20). The predicted molar refractivity (Wildman–Crippen MR) is 87.9 cm³/mol. The molecule has 4 nitrogen and oxygen atoms in total. The van der Waals surface area contributed by atoms with Crippen molar-refractivity contribution < 1.29 is 15.0 Å². The van der Waals surface area contributed by atoms with Crippen LogP contribution in [0.2, 0.25) is 0 Å². The van der Waals surface area contributed by atoms with Crippen LogP contribution in [0.5, 0.6) is 0 Å². The number of nitrogens with zero attached hydrogens (tertiary/aromatic N) is 1. The maximum absolute atomic E-state index is 11.4. The zero-order chi connectivity index (χ0) is 15.2. The molecule has 2 unspecified atom stereocenters. The molecular formula is C15H18BrNO3S. The number of carboxylic acids is 1. The molecule has 0 aromatic carbocycles. The average molecular weight is 372 g/mol. The van der Waals surface area contributed by atoms with Crippen LogP contribution >= 0.6 is 27.7 Å². The molecule has 1 saturated carbocycles. The Kier molecular flexibility index (Phi) is 4.05. The molecule has 0 bridgehead atoms. The van der Waals surface area contributed by atoms with Gasteiger partial charge in [-0.05, 0) is 50.7 Å². The van der Waals surface area contributed by atoms with Crippen molar-refractivity contribution in [1.29, 1.82) is 0 Å². The number of allylic oxidation sites excluding steroid dienone is 3. The Bertz CT molecular complexity index is 559. The predicted octanol–water partition coefficient (Wildman–Crippen LogP) is 3.11. The molecule has 1 heterocycles. The topological polar surface area (TPSA) is 69.9 Å². The van der Waals surface area contributed by atoms with Gasteiger partial charge in [-0.25, -0.2) is 4.79 Å². The number of hydrogen-bond donors (Lipinski definition) is 2. The molecule has 3 aliphatic rings. The molecule has 0 spiro atoms. The van der Waals surface area contributed by atoms with E-state index < -0.39 is 10.3 Å². The molecule has 0 radical (unpaired) electrons. The Morgan fingerprint density at radius 3 is 2.71 bits per heavy atom. The molecule has 1 fully saturated rings. The van der Waals surface area contributed by atoms with Crippen LogP contribution in [0, 0.1) is 5.92 Å². The van der Waals surface area contributed by atoms with Crippen LogP contribution in [0.4, 0.5) is 0 Å². The number of hydrogen-bond acceptors (Lipinski definition) is 4. The normalized spacial score (nSPS) is 39.2. The second-order valence-corrected chi connectivity index (χ2v) is 8.84. The van der Waals surface area contributed by atoms with Crippen LogP contribution in [0.1, 0.15) is 32.6 Å². The van der Waals surface area contributed by atoms with Gasteiger partial charge in [0.15, 0.2) is 0 Å². The summed E-state index contributed by atoms with van der Waals surface area (Å²) in [6, 6.07) is 0. The van der Waals surface area contributed by atoms with Gasteiger partial charge in [0.2, 0.25) is 0 Å². The molecule has 1 aliphatic heterocycles. The van der Waals surface area contributed by atoms with Crippen molar-refractivity contribution in [1.82, 2.24) is 0 Å². The summed E-state index contributed by atoms with van der Waals surface area (Å²) in [7, 11) is 0. The van der Waals surface area contributed by atoms with E-state index in [9.17, 15) is 15.0 Å². The fourth-order valence-corrected chi connectivity index (χ4v) is 5.19. The Labute approximate surface area is 136 Å². The molecule has 0 aromatic heterocycles. The third-order valence-electron chi connectivity index (χ3n) is 4.35. The van der Waals surface area contributed by atoms with Gasteiger partial charge >= 0.3 is 5.97 Å². The number of halogens is 1. The van der Waals surface area contributed by atoms with Crippen LogP contribution in [-0.4, -0.2) is 37.7 Å². The monoisotopic (exact) mass is 371 g/mol. The maximum atomic E-state index is 11.4. The first-order valence-electron chi connectivity index (χ1n) is 7.17. The molecule has 21 heavy (non-hydrogen) atoms. The molecule has 0 aromatic rings. The summed E-state index contributed by atoms with van der Waals surface area (Å²) in [5.41, 5.74) is 1.12. The van der Waals surface area contributed by atoms with E-state index >= 15 is 0 Å². The van der Waals surface area contributed by atoms with Gasteiger partial charge in [-0.15, -0.1) is 0 Å². The Balaban J connectivity index is 1.82. The van der Waals surface area contributed by atoms with Crippen molar-refractivity contribution in [3.8, 4) is 0 Å². The number of alkyl halides is 1. The second-order valence-electron chi connectivity index (χ2n) is 6.04. The lowest BCUT2D eigenvalue weighted by atomic mass is 9.87. The lowest BCUT2D eigenvalue weighted by Crippen LogP contribution is -2.27. The van der Waals surface area contributed by atoms with E-state index in [0.29, 0.717) is 11.5 Å². The molecule has 2 N–H and O–H groups in total. The fourth-order valence-electron chi connectivity index (χ4n) is 3.09. The van der Waals surface area contributed by atoms with E-state index in [-0.39, 0.29) is 11.5 Å². The number of fused-ring (bicyclic) bond motifs is 1. The van der Waals surface area contributed by atoms with Crippen molar-refractivity contribution in [3.63, 3.8) is 0 Å². The van der Waals surface area contributed by atoms with E-state index in [1.165, 1.54) is 0 Å². The third-order valence-corrected chi connectivity index (χ3v) is 6.32. The Morgan fingerprint density at radius 2 is 2.10 bits per heavy atom. The number of aliphatic imine (C=N–C) groups is 1. The van der Waals surface area contributed by atoms with Gasteiger partial charge in [0.05, 0.1) is 21.7 Å². The minimum atomic E-state index is -0.915. The zero-order valence-electron chi connectivity index (χ0n) is 11.8. The van der Waals surface area contributed by atoms with Crippen molar-refractivity contribution in [3.05, 3.63) is 22.6 Å². The van der Waals surface area contributed by atoms with Crippen LogP contribution in [0.15, 0.2) is 27.6 Å². The number of aliphatic carboxylic acids is 1. The molecule has 2 aliphatic carbocycles. The van der Waals surface area contributed by atoms with Gasteiger partial charge in [-0.2, -0.15) is 0 Å². The first-order valence-corrected chi connectivity index (χ1v) is 8.84. The molecule has 3 rings (SSSR count). The van der Waals surface area contributed by atoms with Crippen LogP contribution in [-0.2, 0) is 4.79 Å². The SMILES string of the molecule is CC1(Br)C=C2SC(C3CCC(O)CC3)N=C2C=C1C(=O)O. The molecule has 0 saturated heterocycles. The van der Waals surface area contributed by atoms with Gasteiger partial charge in [0.1, 0.15) is 5.37 Å². The Hall–Kier alpha value is -0.590. The molecule has 114 valence electrons. The first kappa shape index (κ1) is 15.3. The summed E-state index contributed by atoms with van der Waals surface area (Å²) >= 11 is 5.22. The summed E-state index contributed by atoms with van der Waals surface area (Å²) in [4.78, 5) is 17.2. The zero-order valence-corrected chi connectivity index (χ0v) is 14.2. The maximum Gasteiger partial charge on any atom is 0.333 e. The van der Waals surface area contributed by atoms with Crippen molar-refractivity contribution in [2.45, 2.75) is 48.4 Å². The summed E-state index contributed by atoms with van der Waals surface area (Å²) in [5, 5.41) is 19.1. The third kappa shape index (κ3) is 2.98. The number of aliphatic hydroxyl groups is 1. The van der Waals surface area contributed by atoms with Crippen LogP contribution in [0.3, 0.4) is 0 Å². The number of carbonyl (C=O) groups is 1. The fraction of sp³-hybridized carbons (Fsp3) is 0.600. The molecule has 0 amide bonds. The number of carboxylic acid groups (broad SMARTS) is 1. The molecule has 6 heteroatoms. The van der Waals surface area contributed by atoms with E-state index in [4.69, 9.17) is 4.99 Å². The summed E-state index contributed by atoms with van der Waals surface area (Å²) in [6.45, 7) is 1.85. The number of thioether (sulfide) groups is 1. The van der Waals surface area contributed by atoms with E-state index in [0.717, 1.165) is 36.3 Å². The highest BCUT2D eigenvalue weighted by Crippen LogP contribution is 2.46. The van der Waals surface area contributed by atoms with Gasteiger partial charge in [0.25, 0.3) is 0 Å². The summed E-state index contributed by atoms with van der Waals surface area (Å²) in [5.74, 6) is -0.442. The quantitative estimate of drug-likeness (QED) is 0.731. The van der Waals surface area contributed by atoms with E-state index in [2.05, 4.69) is 15.9 Å². The van der Waals surface area contributed by atoms with Crippen molar-refractivity contribution in [2.75, 3.05) is 0 Å². The minimum absolute atomic E-state index is 0.159. The van der Waals surface area contributed by atoms with Gasteiger partial charge < -0.3 is 10.2 Å². The number of rotatable bonds is 2. The van der Waals surface area contributed by atoms with E-state index in [1.807, 2.05) is 13.0 Å². The molecule has 2 atom stereocenters. The minimum Gasteiger partial charge on any atom is -0.478 e. The largest absolute Gasteiger partial charge is 0.478 e. The van der Waals surface area contributed by atoms with Crippen LogP contribution < -0.4 is 0 Å². The first-order chi connectivity index (χ1) is 9.87. The highest BCUT2D eigenvalue weighted by atomic mass is 79.9. The highest BCUT2D eigenvalue weighted by Gasteiger charge is 2.39. The second kappa shape index (κ2) is 5.56. The van der Waals surface area contributed by atoms with Crippen molar-refractivity contribution >= 4 is 39.4 Å². The van der Waals surface area contributed by atoms with Crippen molar-refractivity contribution in [2.24, 2.45) is 10.9 Å². The number of aliphatic hydroxyl groups excluding tert-OH is 1.